The van der Waals surface area contributed by atoms with Gasteiger partial charge in [-0.15, -0.1) is 0 Å². The second kappa shape index (κ2) is 6.73. The molecule has 22 heavy (non-hydrogen) atoms. The lowest BCUT2D eigenvalue weighted by molar-refractivity contribution is -0.122. The molecular formula is C19H22N2O. The van der Waals surface area contributed by atoms with Crippen LogP contribution in [0, 0.1) is 12.8 Å². The highest BCUT2D eigenvalue weighted by atomic mass is 16.1. The number of nitrogens with one attached hydrogen (secondary N) is 1. The molecule has 3 nitrogen and oxygen atoms in total. The van der Waals surface area contributed by atoms with Gasteiger partial charge in [0.1, 0.15) is 0 Å². The first-order chi connectivity index (χ1) is 10.7. The van der Waals surface area contributed by atoms with Crippen molar-refractivity contribution in [1.82, 2.24) is 10.3 Å². The van der Waals surface area contributed by atoms with Gasteiger partial charge in [-0.1, -0.05) is 36.4 Å². The van der Waals surface area contributed by atoms with E-state index in [2.05, 4.69) is 22.4 Å². The molecule has 1 fully saturated rings. The van der Waals surface area contributed by atoms with Crippen LogP contribution in [0.2, 0.25) is 0 Å². The number of hydrogen-bond donors (Lipinski definition) is 1. The third kappa shape index (κ3) is 3.94. The van der Waals surface area contributed by atoms with E-state index in [0.29, 0.717) is 12.3 Å². The minimum atomic E-state index is 0.0724. The Morgan fingerprint density at radius 1 is 1.18 bits per heavy atom. The SMILES string of the molecule is Cc1cccc([C@H](NC(=O)CCc2ccccc2)C2CC2)n1. The lowest BCUT2D eigenvalue weighted by Gasteiger charge is -2.18. The normalized spacial score (nSPS) is 15.3. The molecule has 1 aromatic carbocycles. The molecule has 3 heteroatoms. The minimum Gasteiger partial charge on any atom is -0.347 e. The summed E-state index contributed by atoms with van der Waals surface area (Å²) in [4.78, 5) is 16.9. The van der Waals surface area contributed by atoms with Crippen molar-refractivity contribution >= 4 is 5.91 Å². The number of benzene rings is 1. The van der Waals surface area contributed by atoms with Gasteiger partial charge in [-0.3, -0.25) is 9.78 Å². The van der Waals surface area contributed by atoms with Crippen LogP contribution in [-0.2, 0) is 11.2 Å². The molecule has 1 saturated carbocycles. The Hall–Kier alpha value is -2.16. The highest BCUT2D eigenvalue weighted by Gasteiger charge is 2.34. The summed E-state index contributed by atoms with van der Waals surface area (Å²) in [6, 6.07) is 16.2. The highest BCUT2D eigenvalue weighted by molar-refractivity contribution is 5.76. The number of aryl methyl sites for hydroxylation is 2. The molecular weight excluding hydrogens is 272 g/mol. The van der Waals surface area contributed by atoms with Crippen molar-refractivity contribution in [3.05, 3.63) is 65.5 Å². The van der Waals surface area contributed by atoms with E-state index < -0.39 is 0 Å². The van der Waals surface area contributed by atoms with Crippen LogP contribution >= 0.6 is 0 Å². The van der Waals surface area contributed by atoms with Gasteiger partial charge in [0.15, 0.2) is 0 Å². The van der Waals surface area contributed by atoms with Gasteiger partial charge < -0.3 is 5.32 Å². The van der Waals surface area contributed by atoms with Crippen LogP contribution < -0.4 is 5.32 Å². The second-order valence-electron chi connectivity index (χ2n) is 6.07. The van der Waals surface area contributed by atoms with E-state index in [1.54, 1.807) is 0 Å². The molecule has 1 aromatic heterocycles. The van der Waals surface area contributed by atoms with Crippen LogP contribution in [0.1, 0.15) is 42.3 Å². The average molecular weight is 294 g/mol. The predicted molar refractivity (Wildman–Crippen MR) is 87.3 cm³/mol. The molecule has 1 amide bonds. The zero-order chi connectivity index (χ0) is 15.4. The summed E-state index contributed by atoms with van der Waals surface area (Å²) in [6.07, 6.45) is 3.67. The first kappa shape index (κ1) is 14.8. The first-order valence-electron chi connectivity index (χ1n) is 7.99. The fraction of sp³-hybridized carbons (Fsp3) is 0.368. The maximum absolute atomic E-state index is 12.3. The summed E-state index contributed by atoms with van der Waals surface area (Å²) in [6.45, 7) is 1.99. The zero-order valence-corrected chi connectivity index (χ0v) is 13.0. The van der Waals surface area contributed by atoms with Crippen LogP contribution in [0.15, 0.2) is 48.5 Å². The van der Waals surface area contributed by atoms with Gasteiger partial charge in [-0.05, 0) is 49.8 Å². The average Bonchev–Trinajstić information content (AvgIpc) is 3.36. The Labute approximate surface area is 131 Å². The molecule has 0 aliphatic heterocycles. The van der Waals surface area contributed by atoms with E-state index in [4.69, 9.17) is 0 Å². The Bertz CT molecular complexity index is 635. The van der Waals surface area contributed by atoms with Crippen LogP contribution in [0.4, 0.5) is 0 Å². The molecule has 1 N–H and O–H groups in total. The van der Waals surface area contributed by atoms with Gasteiger partial charge in [-0.25, -0.2) is 0 Å². The number of hydrogen-bond acceptors (Lipinski definition) is 2. The van der Waals surface area contributed by atoms with E-state index in [1.165, 1.54) is 18.4 Å². The van der Waals surface area contributed by atoms with E-state index in [1.807, 2.05) is 43.3 Å². The molecule has 3 rings (SSSR count). The van der Waals surface area contributed by atoms with Gasteiger partial charge in [0.25, 0.3) is 0 Å². The fourth-order valence-corrected chi connectivity index (χ4v) is 2.75. The van der Waals surface area contributed by atoms with Gasteiger partial charge in [0, 0.05) is 12.1 Å². The highest BCUT2D eigenvalue weighted by Crippen LogP contribution is 2.40. The quantitative estimate of drug-likeness (QED) is 0.884. The number of rotatable bonds is 6. The van der Waals surface area contributed by atoms with Crippen LogP contribution in [0.5, 0.6) is 0 Å². The Morgan fingerprint density at radius 3 is 2.64 bits per heavy atom. The molecule has 1 aliphatic carbocycles. The van der Waals surface area contributed by atoms with Crippen LogP contribution in [-0.4, -0.2) is 10.9 Å². The molecule has 2 aromatic rings. The van der Waals surface area contributed by atoms with E-state index in [0.717, 1.165) is 17.8 Å². The maximum atomic E-state index is 12.3. The lowest BCUT2D eigenvalue weighted by atomic mass is 10.1. The van der Waals surface area contributed by atoms with Crippen LogP contribution in [0.25, 0.3) is 0 Å². The number of carbonyl (C=O) groups is 1. The second-order valence-corrected chi connectivity index (χ2v) is 6.07. The number of carbonyl (C=O) groups excluding carboxylic acids is 1. The molecule has 1 heterocycles. The Balaban J connectivity index is 1.60. The van der Waals surface area contributed by atoms with Crippen molar-refractivity contribution in [2.24, 2.45) is 5.92 Å². The predicted octanol–water partition coefficient (Wildman–Crippen LogP) is 3.59. The van der Waals surface area contributed by atoms with Gasteiger partial charge >= 0.3 is 0 Å². The Kier molecular flexibility index (Phi) is 4.52. The van der Waals surface area contributed by atoms with E-state index in [-0.39, 0.29) is 11.9 Å². The molecule has 0 radical (unpaired) electrons. The number of pyridine rings is 1. The summed E-state index contributed by atoms with van der Waals surface area (Å²) in [5.74, 6) is 0.666. The van der Waals surface area contributed by atoms with Crippen molar-refractivity contribution in [1.29, 1.82) is 0 Å². The summed E-state index contributed by atoms with van der Waals surface area (Å²) in [7, 11) is 0. The zero-order valence-electron chi connectivity index (χ0n) is 13.0. The standard InChI is InChI=1S/C19H22N2O/c1-14-6-5-9-17(20-14)19(16-11-12-16)21-18(22)13-10-15-7-3-2-4-8-15/h2-9,16,19H,10-13H2,1H3,(H,21,22)/t19-/m1/s1. The van der Waals surface area contributed by atoms with Crippen molar-refractivity contribution in [3.8, 4) is 0 Å². The third-order valence-corrected chi connectivity index (χ3v) is 4.12. The molecule has 1 aliphatic rings. The molecule has 114 valence electrons. The third-order valence-electron chi connectivity index (χ3n) is 4.12. The van der Waals surface area contributed by atoms with Crippen LogP contribution in [0.3, 0.4) is 0 Å². The van der Waals surface area contributed by atoms with E-state index in [9.17, 15) is 4.79 Å². The molecule has 0 bridgehead atoms. The molecule has 0 saturated heterocycles. The Morgan fingerprint density at radius 2 is 1.95 bits per heavy atom. The van der Waals surface area contributed by atoms with Crippen molar-refractivity contribution in [3.63, 3.8) is 0 Å². The lowest BCUT2D eigenvalue weighted by Crippen LogP contribution is -2.30. The minimum absolute atomic E-state index is 0.0724. The smallest absolute Gasteiger partial charge is 0.220 e. The van der Waals surface area contributed by atoms with E-state index >= 15 is 0 Å². The van der Waals surface area contributed by atoms with Crippen molar-refractivity contribution < 1.29 is 4.79 Å². The number of aromatic nitrogens is 1. The van der Waals surface area contributed by atoms with Gasteiger partial charge in [-0.2, -0.15) is 0 Å². The fourth-order valence-electron chi connectivity index (χ4n) is 2.75. The van der Waals surface area contributed by atoms with Crippen molar-refractivity contribution in [2.75, 3.05) is 0 Å². The monoisotopic (exact) mass is 294 g/mol. The molecule has 1 atom stereocenters. The maximum Gasteiger partial charge on any atom is 0.220 e. The summed E-state index contributed by atoms with van der Waals surface area (Å²) in [5.41, 5.74) is 3.20. The molecule has 0 unspecified atom stereocenters. The topological polar surface area (TPSA) is 42.0 Å². The summed E-state index contributed by atoms with van der Waals surface area (Å²) in [5, 5.41) is 3.19. The first-order valence-corrected chi connectivity index (χ1v) is 7.99. The molecule has 0 spiro atoms. The van der Waals surface area contributed by atoms with Gasteiger partial charge in [0.2, 0.25) is 5.91 Å². The van der Waals surface area contributed by atoms with Gasteiger partial charge in [0.05, 0.1) is 11.7 Å². The number of nitrogens with zero attached hydrogens (tertiary/aromatic N) is 1. The van der Waals surface area contributed by atoms with Crippen molar-refractivity contribution in [2.45, 2.75) is 38.6 Å². The number of amides is 1. The summed E-state index contributed by atoms with van der Waals surface area (Å²) < 4.78 is 0. The largest absolute Gasteiger partial charge is 0.347 e. The summed E-state index contributed by atoms with van der Waals surface area (Å²) >= 11 is 0.